The number of hydrogen-bond acceptors (Lipinski definition) is 3. The van der Waals surface area contributed by atoms with E-state index in [1.807, 2.05) is 81.9 Å². The van der Waals surface area contributed by atoms with Crippen molar-refractivity contribution >= 4 is 34.5 Å². The van der Waals surface area contributed by atoms with E-state index < -0.39 is 0 Å². The van der Waals surface area contributed by atoms with E-state index in [9.17, 15) is 9.59 Å². The SMILES string of the molecule is CC(=O)N(c1ccccc1)[C@H]1C[C@@H](C)N(C(=O)c2cccs2)c2ccccc21. The smallest absolute Gasteiger partial charge is 0.268 e. The first kappa shape index (κ1) is 18.4. The summed E-state index contributed by atoms with van der Waals surface area (Å²) in [6.07, 6.45) is 0.683. The molecule has 0 N–H and O–H groups in total. The number of para-hydroxylation sites is 2. The van der Waals surface area contributed by atoms with Crippen LogP contribution in [-0.2, 0) is 4.79 Å². The Hall–Kier alpha value is -2.92. The number of thiophene rings is 1. The largest absolute Gasteiger partial charge is 0.305 e. The highest BCUT2D eigenvalue weighted by Crippen LogP contribution is 2.42. The molecule has 4 rings (SSSR count). The first-order valence-electron chi connectivity index (χ1n) is 9.38. The Morgan fingerprint density at radius 2 is 1.71 bits per heavy atom. The fraction of sp³-hybridized carbons (Fsp3) is 0.217. The van der Waals surface area contributed by atoms with Crippen LogP contribution >= 0.6 is 11.3 Å². The molecule has 1 aromatic heterocycles. The Balaban J connectivity index is 1.79. The summed E-state index contributed by atoms with van der Waals surface area (Å²) in [4.78, 5) is 30.2. The van der Waals surface area contributed by atoms with Crippen LogP contribution < -0.4 is 9.80 Å². The normalized spacial score (nSPS) is 18.4. The molecule has 1 aliphatic rings. The van der Waals surface area contributed by atoms with E-state index in [1.165, 1.54) is 11.3 Å². The van der Waals surface area contributed by atoms with Crippen molar-refractivity contribution in [3.63, 3.8) is 0 Å². The molecule has 1 aliphatic heterocycles. The van der Waals surface area contributed by atoms with Gasteiger partial charge in [-0.25, -0.2) is 0 Å². The van der Waals surface area contributed by atoms with Crippen LogP contribution in [0.4, 0.5) is 11.4 Å². The molecular weight excluding hydrogens is 368 g/mol. The third-order valence-corrected chi connectivity index (χ3v) is 6.05. The molecule has 0 radical (unpaired) electrons. The molecule has 2 atom stereocenters. The second kappa shape index (κ2) is 7.60. The summed E-state index contributed by atoms with van der Waals surface area (Å²) >= 11 is 1.45. The van der Waals surface area contributed by atoms with Gasteiger partial charge in [-0.05, 0) is 48.6 Å². The number of nitrogens with zero attached hydrogens (tertiary/aromatic N) is 2. The summed E-state index contributed by atoms with van der Waals surface area (Å²) in [6.45, 7) is 3.65. The minimum absolute atomic E-state index is 0.00348. The van der Waals surface area contributed by atoms with Crippen molar-refractivity contribution in [2.24, 2.45) is 0 Å². The van der Waals surface area contributed by atoms with Gasteiger partial charge in [-0.15, -0.1) is 11.3 Å². The van der Waals surface area contributed by atoms with Crippen molar-refractivity contribution in [1.82, 2.24) is 0 Å². The average molecular weight is 391 g/mol. The Bertz CT molecular complexity index is 985. The van der Waals surface area contributed by atoms with Gasteiger partial charge in [0.15, 0.2) is 0 Å². The van der Waals surface area contributed by atoms with Crippen molar-refractivity contribution < 1.29 is 9.59 Å². The molecule has 4 nitrogen and oxygen atoms in total. The van der Waals surface area contributed by atoms with Gasteiger partial charge in [0.1, 0.15) is 0 Å². The number of carbonyl (C=O) groups is 2. The van der Waals surface area contributed by atoms with Crippen LogP contribution in [0.3, 0.4) is 0 Å². The zero-order chi connectivity index (χ0) is 19.7. The van der Waals surface area contributed by atoms with Gasteiger partial charge >= 0.3 is 0 Å². The number of anilines is 2. The standard InChI is InChI=1S/C23H22N2O2S/c1-16-15-21(25(17(2)26)18-9-4-3-5-10-18)19-11-6-7-12-20(19)24(16)23(27)22-13-8-14-28-22/h3-14,16,21H,15H2,1-2H3/t16-,21+/m1/s1. The van der Waals surface area contributed by atoms with Crippen LogP contribution in [-0.4, -0.2) is 17.9 Å². The molecule has 3 aromatic rings. The second-order valence-electron chi connectivity index (χ2n) is 7.04. The topological polar surface area (TPSA) is 40.6 Å². The number of hydrogen-bond donors (Lipinski definition) is 0. The molecule has 0 aliphatic carbocycles. The molecule has 0 saturated heterocycles. The van der Waals surface area contributed by atoms with Crippen LogP contribution in [0.15, 0.2) is 72.1 Å². The van der Waals surface area contributed by atoms with Crippen molar-refractivity contribution in [3.8, 4) is 0 Å². The molecule has 2 aromatic carbocycles. The number of amides is 2. The summed E-state index contributed by atoms with van der Waals surface area (Å²) in [5.41, 5.74) is 2.76. The quantitative estimate of drug-likeness (QED) is 0.610. The van der Waals surface area contributed by atoms with E-state index in [-0.39, 0.29) is 23.9 Å². The van der Waals surface area contributed by atoms with Crippen LogP contribution in [0, 0.1) is 0 Å². The van der Waals surface area contributed by atoms with Crippen LogP contribution in [0.1, 0.15) is 41.5 Å². The summed E-state index contributed by atoms with van der Waals surface area (Å²) in [6, 6.07) is 21.3. The molecule has 0 fully saturated rings. The fourth-order valence-corrected chi connectivity index (χ4v) is 4.68. The summed E-state index contributed by atoms with van der Waals surface area (Å²) in [5.74, 6) is 0.0127. The minimum atomic E-state index is -0.113. The first-order valence-corrected chi connectivity index (χ1v) is 10.3. The van der Waals surface area contributed by atoms with Gasteiger partial charge in [0, 0.05) is 24.3 Å². The third-order valence-electron chi connectivity index (χ3n) is 5.20. The lowest BCUT2D eigenvalue weighted by molar-refractivity contribution is -0.117. The molecule has 0 unspecified atom stereocenters. The number of fused-ring (bicyclic) bond motifs is 1. The lowest BCUT2D eigenvalue weighted by Crippen LogP contribution is -2.47. The summed E-state index contributed by atoms with van der Waals surface area (Å²) < 4.78 is 0. The Labute approximate surface area is 169 Å². The Morgan fingerprint density at radius 3 is 2.39 bits per heavy atom. The molecular formula is C23H22N2O2S. The van der Waals surface area contributed by atoms with Gasteiger partial charge in [-0.2, -0.15) is 0 Å². The van der Waals surface area contributed by atoms with Crippen LogP contribution in [0.5, 0.6) is 0 Å². The van der Waals surface area contributed by atoms with Gasteiger partial charge in [-0.1, -0.05) is 42.5 Å². The maximum Gasteiger partial charge on any atom is 0.268 e. The summed E-state index contributed by atoms with van der Waals surface area (Å²) in [7, 11) is 0. The van der Waals surface area contributed by atoms with Gasteiger partial charge < -0.3 is 9.80 Å². The van der Waals surface area contributed by atoms with Crippen molar-refractivity contribution in [2.75, 3.05) is 9.80 Å². The maximum atomic E-state index is 13.2. The lowest BCUT2D eigenvalue weighted by atomic mass is 9.89. The van der Waals surface area contributed by atoms with Gasteiger partial charge in [-0.3, -0.25) is 9.59 Å². The molecule has 2 heterocycles. The van der Waals surface area contributed by atoms with Gasteiger partial charge in [0.2, 0.25) is 5.91 Å². The van der Waals surface area contributed by atoms with Gasteiger partial charge in [0.05, 0.1) is 10.9 Å². The van der Waals surface area contributed by atoms with E-state index in [0.29, 0.717) is 6.42 Å². The predicted octanol–water partition coefficient (Wildman–Crippen LogP) is 5.28. The zero-order valence-corrected chi connectivity index (χ0v) is 16.7. The molecule has 0 bridgehead atoms. The average Bonchev–Trinajstić information content (AvgIpc) is 3.23. The minimum Gasteiger partial charge on any atom is -0.305 e. The van der Waals surface area contributed by atoms with E-state index >= 15 is 0 Å². The van der Waals surface area contributed by atoms with Gasteiger partial charge in [0.25, 0.3) is 5.91 Å². The molecule has 142 valence electrons. The highest BCUT2D eigenvalue weighted by atomic mass is 32.1. The highest BCUT2D eigenvalue weighted by molar-refractivity contribution is 7.12. The van der Waals surface area contributed by atoms with E-state index in [2.05, 4.69) is 6.92 Å². The molecule has 0 spiro atoms. The monoisotopic (exact) mass is 390 g/mol. The molecule has 5 heteroatoms. The molecule has 28 heavy (non-hydrogen) atoms. The lowest BCUT2D eigenvalue weighted by Gasteiger charge is -2.43. The first-order chi connectivity index (χ1) is 13.6. The van der Waals surface area contributed by atoms with Crippen molar-refractivity contribution in [2.45, 2.75) is 32.4 Å². The van der Waals surface area contributed by atoms with Crippen molar-refractivity contribution in [1.29, 1.82) is 0 Å². The van der Waals surface area contributed by atoms with Crippen molar-refractivity contribution in [3.05, 3.63) is 82.6 Å². The number of benzene rings is 2. The number of carbonyl (C=O) groups excluding carboxylic acids is 2. The zero-order valence-electron chi connectivity index (χ0n) is 15.9. The van der Waals surface area contributed by atoms with E-state index in [0.717, 1.165) is 21.8 Å². The molecule has 2 amide bonds. The van der Waals surface area contributed by atoms with Crippen LogP contribution in [0.2, 0.25) is 0 Å². The summed E-state index contributed by atoms with van der Waals surface area (Å²) in [5, 5.41) is 1.92. The Morgan fingerprint density at radius 1 is 1.00 bits per heavy atom. The Kier molecular flexibility index (Phi) is 5.01. The third kappa shape index (κ3) is 3.22. The predicted molar refractivity (Wildman–Crippen MR) is 114 cm³/mol. The fourth-order valence-electron chi connectivity index (χ4n) is 4.02. The second-order valence-corrected chi connectivity index (χ2v) is 7.98. The highest BCUT2D eigenvalue weighted by Gasteiger charge is 2.38. The van der Waals surface area contributed by atoms with Crippen LogP contribution in [0.25, 0.3) is 0 Å². The van der Waals surface area contributed by atoms with E-state index in [1.54, 1.807) is 6.92 Å². The molecule has 0 saturated carbocycles. The maximum absolute atomic E-state index is 13.2. The number of rotatable bonds is 3. The van der Waals surface area contributed by atoms with E-state index in [4.69, 9.17) is 0 Å².